The number of hydrogen-bond acceptors (Lipinski definition) is 9. The van der Waals surface area contributed by atoms with Crippen LogP contribution in [-0.2, 0) is 21.8 Å². The number of fused-ring (bicyclic) bond motifs is 1. The molecule has 5 N–H and O–H groups in total. The van der Waals surface area contributed by atoms with E-state index in [-0.39, 0.29) is 5.82 Å². The van der Waals surface area contributed by atoms with Crippen LogP contribution in [0.15, 0.2) is 6.33 Å². The lowest BCUT2D eigenvalue weighted by Crippen LogP contribution is -2.47. The molecule has 25 heavy (non-hydrogen) atoms. The van der Waals surface area contributed by atoms with Gasteiger partial charge in [-0.3, -0.25) is 4.57 Å². The Morgan fingerprint density at radius 3 is 2.76 bits per heavy atom. The van der Waals surface area contributed by atoms with Crippen molar-refractivity contribution in [2.75, 3.05) is 19.5 Å². The second-order valence-corrected chi connectivity index (χ2v) is 6.02. The molecular weight excluding hydrogens is 330 g/mol. The first-order valence-corrected chi connectivity index (χ1v) is 8.18. The number of imidazole rings is 1. The van der Waals surface area contributed by atoms with Crippen molar-refractivity contribution in [3.05, 3.63) is 12.2 Å². The zero-order valence-corrected chi connectivity index (χ0v) is 14.2. The van der Waals surface area contributed by atoms with Crippen LogP contribution in [0.4, 0.5) is 5.82 Å². The highest BCUT2D eigenvalue weighted by Gasteiger charge is 2.57. The van der Waals surface area contributed by atoms with Crippen LogP contribution in [0.2, 0.25) is 0 Å². The number of methoxy groups -OCH3 is 1. The van der Waals surface area contributed by atoms with E-state index in [9.17, 15) is 15.3 Å². The fourth-order valence-corrected chi connectivity index (χ4v) is 3.03. The molecule has 0 aliphatic carbocycles. The Morgan fingerprint density at radius 2 is 2.16 bits per heavy atom. The van der Waals surface area contributed by atoms with Crippen LogP contribution in [0, 0.1) is 0 Å². The van der Waals surface area contributed by atoms with Crippen LogP contribution >= 0.6 is 0 Å². The molecule has 10 nitrogen and oxygen atoms in total. The number of aryl methyl sites for hydroxylation is 1. The van der Waals surface area contributed by atoms with E-state index in [1.165, 1.54) is 18.0 Å². The molecule has 0 spiro atoms. The first-order chi connectivity index (χ1) is 12.0. The van der Waals surface area contributed by atoms with E-state index in [1.807, 2.05) is 0 Å². The number of nitrogen functional groups attached to an aromatic ring is 1. The molecule has 4 atom stereocenters. The summed E-state index contributed by atoms with van der Waals surface area (Å²) in [6.45, 7) is 1.58. The van der Waals surface area contributed by atoms with Gasteiger partial charge in [0.25, 0.3) is 5.91 Å². The SMILES string of the molecule is CCCCc1nc(N)c2ncn([C@]3(OC)O[C@H](CO)[C@@H](O)[C@H]3O)c2n1. The van der Waals surface area contributed by atoms with E-state index in [2.05, 4.69) is 21.9 Å². The summed E-state index contributed by atoms with van der Waals surface area (Å²) >= 11 is 0. The molecule has 0 amide bonds. The topological polar surface area (TPSA) is 149 Å². The number of aromatic nitrogens is 4. The molecule has 2 aromatic heterocycles. The third-order valence-corrected chi connectivity index (χ3v) is 4.43. The molecule has 1 fully saturated rings. The summed E-state index contributed by atoms with van der Waals surface area (Å²) in [6, 6.07) is 0. The van der Waals surface area contributed by atoms with E-state index in [1.54, 1.807) is 0 Å². The molecule has 0 unspecified atom stereocenters. The fourth-order valence-electron chi connectivity index (χ4n) is 3.03. The molecule has 0 bridgehead atoms. The summed E-state index contributed by atoms with van der Waals surface area (Å²) in [5, 5.41) is 30.0. The zero-order chi connectivity index (χ0) is 18.2. The standard InChI is InChI=1S/C15H23N5O5/c1-3-4-5-9-18-13(16)10-14(19-9)20(7-17-10)15(24-2)12(23)11(22)8(6-21)25-15/h7-8,11-12,21-23H,3-6H2,1-2H3,(H2,16,18,19)/t8-,11-,12-,15-/m1/s1. The van der Waals surface area contributed by atoms with E-state index in [0.717, 1.165) is 12.8 Å². The van der Waals surface area contributed by atoms with Gasteiger partial charge >= 0.3 is 0 Å². The van der Waals surface area contributed by atoms with Crippen molar-refractivity contribution in [1.82, 2.24) is 19.5 Å². The predicted molar refractivity (Wildman–Crippen MR) is 87.3 cm³/mol. The zero-order valence-electron chi connectivity index (χ0n) is 14.2. The molecule has 0 saturated carbocycles. The van der Waals surface area contributed by atoms with Gasteiger partial charge in [-0.15, -0.1) is 0 Å². The average molecular weight is 353 g/mol. The lowest BCUT2D eigenvalue weighted by molar-refractivity contribution is -0.302. The van der Waals surface area contributed by atoms with Crippen LogP contribution < -0.4 is 5.73 Å². The van der Waals surface area contributed by atoms with E-state index in [0.29, 0.717) is 23.4 Å². The molecule has 0 radical (unpaired) electrons. The third-order valence-electron chi connectivity index (χ3n) is 4.43. The minimum Gasteiger partial charge on any atom is -0.394 e. The van der Waals surface area contributed by atoms with Crippen molar-refractivity contribution in [3.63, 3.8) is 0 Å². The Balaban J connectivity index is 2.12. The van der Waals surface area contributed by atoms with Crippen molar-refractivity contribution < 1.29 is 24.8 Å². The first-order valence-electron chi connectivity index (χ1n) is 8.18. The molecule has 1 aliphatic heterocycles. The Labute approximate surface area is 144 Å². The number of rotatable bonds is 6. The molecule has 3 rings (SSSR count). The number of aliphatic hydroxyl groups is 3. The molecular formula is C15H23N5O5. The number of unbranched alkanes of at least 4 members (excludes halogenated alkanes) is 1. The minimum atomic E-state index is -1.77. The Bertz CT molecular complexity index is 753. The van der Waals surface area contributed by atoms with Gasteiger partial charge < -0.3 is 30.5 Å². The maximum atomic E-state index is 10.5. The van der Waals surface area contributed by atoms with E-state index >= 15 is 0 Å². The van der Waals surface area contributed by atoms with Gasteiger partial charge in [0.2, 0.25) is 0 Å². The number of ether oxygens (including phenoxy) is 2. The largest absolute Gasteiger partial charge is 0.394 e. The molecule has 0 aromatic carbocycles. The highest BCUT2D eigenvalue weighted by molar-refractivity contribution is 5.81. The van der Waals surface area contributed by atoms with Gasteiger partial charge in [-0.1, -0.05) is 13.3 Å². The Morgan fingerprint density at radius 1 is 1.40 bits per heavy atom. The van der Waals surface area contributed by atoms with Crippen LogP contribution in [-0.4, -0.2) is 66.9 Å². The van der Waals surface area contributed by atoms with Gasteiger partial charge in [0, 0.05) is 13.5 Å². The first kappa shape index (κ1) is 18.0. The minimum absolute atomic E-state index is 0.216. The van der Waals surface area contributed by atoms with Crippen molar-refractivity contribution in [2.24, 2.45) is 0 Å². The second-order valence-electron chi connectivity index (χ2n) is 6.02. The molecule has 1 aliphatic rings. The predicted octanol–water partition coefficient (Wildman–Crippen LogP) is -0.879. The lowest BCUT2D eigenvalue weighted by Gasteiger charge is -2.31. The van der Waals surface area contributed by atoms with Crippen molar-refractivity contribution >= 4 is 17.0 Å². The van der Waals surface area contributed by atoms with Gasteiger partial charge in [-0.2, -0.15) is 0 Å². The number of nitrogens with zero attached hydrogens (tertiary/aromatic N) is 4. The molecule has 138 valence electrons. The second kappa shape index (κ2) is 6.81. The quantitative estimate of drug-likeness (QED) is 0.519. The summed E-state index contributed by atoms with van der Waals surface area (Å²) in [6.07, 6.45) is 0.0916. The number of nitrogens with two attached hydrogens (primary N) is 1. The van der Waals surface area contributed by atoms with Crippen LogP contribution in [0.3, 0.4) is 0 Å². The number of anilines is 1. The average Bonchev–Trinajstić information content (AvgIpc) is 3.14. The lowest BCUT2D eigenvalue weighted by atomic mass is 10.1. The number of hydrogen-bond donors (Lipinski definition) is 4. The Kier molecular flexibility index (Phi) is 4.89. The normalized spacial score (nSPS) is 29.6. The monoisotopic (exact) mass is 353 g/mol. The summed E-state index contributed by atoms with van der Waals surface area (Å²) in [5.41, 5.74) is 6.65. The molecule has 10 heteroatoms. The summed E-state index contributed by atoms with van der Waals surface area (Å²) in [4.78, 5) is 12.9. The van der Waals surface area contributed by atoms with Crippen molar-refractivity contribution in [3.8, 4) is 0 Å². The Hall–Kier alpha value is -1.85. The van der Waals surface area contributed by atoms with Crippen molar-refractivity contribution in [2.45, 2.75) is 50.4 Å². The maximum absolute atomic E-state index is 10.5. The molecule has 2 aromatic rings. The fraction of sp³-hybridized carbons (Fsp3) is 0.667. The van der Waals surface area contributed by atoms with Gasteiger partial charge in [-0.05, 0) is 6.42 Å². The summed E-state index contributed by atoms with van der Waals surface area (Å²) in [5.74, 6) is -1.01. The summed E-state index contributed by atoms with van der Waals surface area (Å²) in [7, 11) is 1.32. The number of aliphatic hydroxyl groups excluding tert-OH is 3. The highest BCUT2D eigenvalue weighted by Crippen LogP contribution is 2.38. The van der Waals surface area contributed by atoms with Crippen LogP contribution in [0.1, 0.15) is 25.6 Å². The maximum Gasteiger partial charge on any atom is 0.288 e. The van der Waals surface area contributed by atoms with E-state index < -0.39 is 30.8 Å². The van der Waals surface area contributed by atoms with Gasteiger partial charge in [0.15, 0.2) is 17.6 Å². The summed E-state index contributed by atoms with van der Waals surface area (Å²) < 4.78 is 12.4. The van der Waals surface area contributed by atoms with Crippen LogP contribution in [0.5, 0.6) is 0 Å². The third kappa shape index (κ3) is 2.75. The van der Waals surface area contributed by atoms with Crippen LogP contribution in [0.25, 0.3) is 11.2 Å². The molecule has 1 saturated heterocycles. The molecule has 3 heterocycles. The highest BCUT2D eigenvalue weighted by atomic mass is 16.7. The van der Waals surface area contributed by atoms with Gasteiger partial charge in [0.05, 0.1) is 6.61 Å². The smallest absolute Gasteiger partial charge is 0.288 e. The van der Waals surface area contributed by atoms with E-state index in [4.69, 9.17) is 15.2 Å². The van der Waals surface area contributed by atoms with Crippen molar-refractivity contribution in [1.29, 1.82) is 0 Å². The van der Waals surface area contributed by atoms with Gasteiger partial charge in [-0.25, -0.2) is 15.0 Å². The van der Waals surface area contributed by atoms with Gasteiger partial charge in [0.1, 0.15) is 29.9 Å².